The van der Waals surface area contributed by atoms with E-state index in [0.717, 1.165) is 60.4 Å². The maximum atomic E-state index is 10.6. The largest absolute Gasteiger partial charge is 0.490 e. The fourth-order valence-electron chi connectivity index (χ4n) is 5.44. The fourth-order valence-corrected chi connectivity index (χ4v) is 7.54. The number of hydrogen-bond donors (Lipinski definition) is 4. The van der Waals surface area contributed by atoms with Crippen LogP contribution in [0.5, 0.6) is 0 Å². The average molecular weight is 607 g/mol. The number of carbonyl (C=O) groups is 1. The number of alkyl halides is 3. The van der Waals surface area contributed by atoms with Crippen molar-refractivity contribution in [2.24, 2.45) is 0 Å². The van der Waals surface area contributed by atoms with Crippen molar-refractivity contribution in [1.29, 1.82) is 0 Å². The lowest BCUT2D eigenvalue weighted by molar-refractivity contribution is -0.192. The maximum absolute atomic E-state index is 10.6. The molecule has 6 rings (SSSR count). The van der Waals surface area contributed by atoms with Crippen molar-refractivity contribution in [3.05, 3.63) is 30.9 Å². The van der Waals surface area contributed by atoms with Gasteiger partial charge in [0.1, 0.15) is 5.01 Å². The highest BCUT2D eigenvalue weighted by Crippen LogP contribution is 2.41. The normalized spacial score (nSPS) is 17.0. The van der Waals surface area contributed by atoms with E-state index in [1.165, 1.54) is 0 Å². The SMILES string of the molecule is CN(c1nc2sc(-c3ccc(-c4cn[nH]c4)c4[nH]cnc34)nc2s1)C1CC(C)(C)NC(C)(C)C1.O=C(O)C(F)(F)F. The van der Waals surface area contributed by atoms with E-state index in [1.54, 1.807) is 29.0 Å². The molecule has 0 aliphatic carbocycles. The van der Waals surface area contributed by atoms with Gasteiger partial charge in [0.05, 0.1) is 23.6 Å². The van der Waals surface area contributed by atoms with Crippen molar-refractivity contribution < 1.29 is 23.1 Å². The molecule has 0 bridgehead atoms. The quantitative estimate of drug-likeness (QED) is 0.194. The summed E-state index contributed by atoms with van der Waals surface area (Å²) in [5.41, 5.74) is 5.21. The summed E-state index contributed by atoms with van der Waals surface area (Å²) in [5.74, 6) is -2.76. The lowest BCUT2D eigenvalue weighted by Gasteiger charge is -2.48. The Labute approximate surface area is 241 Å². The number of piperidine rings is 1. The minimum absolute atomic E-state index is 0.0955. The minimum atomic E-state index is -5.08. The second-order valence-electron chi connectivity index (χ2n) is 11.3. The molecule has 0 radical (unpaired) electrons. The van der Waals surface area contributed by atoms with Gasteiger partial charge in [-0.25, -0.2) is 19.7 Å². The summed E-state index contributed by atoms with van der Waals surface area (Å²) in [6, 6.07) is 4.63. The zero-order valence-corrected chi connectivity index (χ0v) is 24.6. The zero-order valence-electron chi connectivity index (χ0n) is 22.9. The number of anilines is 1. The molecule has 0 spiro atoms. The number of nitrogens with one attached hydrogen (secondary N) is 3. The van der Waals surface area contributed by atoms with Crippen LogP contribution < -0.4 is 10.2 Å². The van der Waals surface area contributed by atoms with Crippen molar-refractivity contribution in [2.75, 3.05) is 11.9 Å². The number of aromatic amines is 2. The molecular formula is C26H29F3N8O2S2. The average Bonchev–Trinajstić information content (AvgIpc) is 3.65. The number of halogens is 3. The number of aromatic nitrogens is 6. The molecule has 218 valence electrons. The molecule has 0 saturated carbocycles. The van der Waals surface area contributed by atoms with Gasteiger partial charge in [0.15, 0.2) is 14.8 Å². The Morgan fingerprint density at radius 3 is 2.29 bits per heavy atom. The third-order valence-electron chi connectivity index (χ3n) is 6.85. The Balaban J connectivity index is 0.000000431. The van der Waals surface area contributed by atoms with Gasteiger partial charge >= 0.3 is 12.1 Å². The topological polar surface area (TPSA) is 136 Å². The van der Waals surface area contributed by atoms with E-state index in [4.69, 9.17) is 19.9 Å². The molecule has 1 aliphatic rings. The summed E-state index contributed by atoms with van der Waals surface area (Å²) < 4.78 is 31.7. The standard InChI is InChI=1S/C24H28N8S2.C2HF3O2/c1-23(2)8-14(9-24(3,4)31-23)32(5)22-30-21-20(34-22)29-19(33-21)16-7-6-15(13-10-27-28-11-13)17-18(16)26-12-25-17;3-2(4,5)1(6)7/h6-7,10-12,14,31H,8-9H2,1-5H3,(H,25,26)(H,27,28);(H,6,7). The predicted molar refractivity (Wildman–Crippen MR) is 154 cm³/mol. The van der Waals surface area contributed by atoms with Gasteiger partial charge in [-0.05, 0) is 46.6 Å². The van der Waals surface area contributed by atoms with E-state index in [0.29, 0.717) is 6.04 Å². The molecule has 5 heterocycles. The van der Waals surface area contributed by atoms with Crippen LogP contribution in [-0.4, -0.2) is 71.6 Å². The van der Waals surface area contributed by atoms with Gasteiger partial charge in [0.25, 0.3) is 0 Å². The summed E-state index contributed by atoms with van der Waals surface area (Å²) in [5, 5.41) is 19.8. The molecule has 10 nitrogen and oxygen atoms in total. The van der Waals surface area contributed by atoms with Crippen molar-refractivity contribution in [2.45, 2.75) is 63.8 Å². The highest BCUT2D eigenvalue weighted by atomic mass is 32.1. The third-order valence-corrected chi connectivity index (χ3v) is 9.00. The van der Waals surface area contributed by atoms with Gasteiger partial charge in [-0.3, -0.25) is 5.10 Å². The lowest BCUT2D eigenvalue weighted by Crippen LogP contribution is -2.61. The van der Waals surface area contributed by atoms with E-state index >= 15 is 0 Å². The van der Waals surface area contributed by atoms with Crippen LogP contribution >= 0.6 is 22.7 Å². The molecule has 5 aromatic rings. The van der Waals surface area contributed by atoms with Gasteiger partial charge in [-0.2, -0.15) is 18.3 Å². The van der Waals surface area contributed by atoms with E-state index in [1.807, 2.05) is 12.4 Å². The number of thiazole rings is 2. The van der Waals surface area contributed by atoms with Crippen molar-refractivity contribution in [1.82, 2.24) is 35.5 Å². The number of carboxylic acids is 1. The lowest BCUT2D eigenvalue weighted by atomic mass is 9.79. The third kappa shape index (κ3) is 6.06. The molecule has 15 heteroatoms. The second-order valence-corrected chi connectivity index (χ2v) is 13.2. The Morgan fingerprint density at radius 2 is 1.71 bits per heavy atom. The first kappa shape index (κ1) is 29.0. The number of fused-ring (bicyclic) bond motifs is 2. The number of imidazole rings is 1. The minimum Gasteiger partial charge on any atom is -0.475 e. The highest BCUT2D eigenvalue weighted by Gasteiger charge is 2.40. The van der Waals surface area contributed by atoms with Gasteiger partial charge in [0.2, 0.25) is 0 Å². The second kappa shape index (κ2) is 10.4. The molecule has 4 N–H and O–H groups in total. The number of aliphatic carboxylic acids is 1. The zero-order chi connectivity index (χ0) is 29.7. The first-order valence-electron chi connectivity index (χ1n) is 12.7. The van der Waals surface area contributed by atoms with Crippen LogP contribution in [0.2, 0.25) is 0 Å². The summed E-state index contributed by atoms with van der Waals surface area (Å²) in [4.78, 5) is 31.1. The molecule has 1 aromatic carbocycles. The first-order valence-corrected chi connectivity index (χ1v) is 14.3. The summed E-state index contributed by atoms with van der Waals surface area (Å²) in [6.07, 6.45) is 2.53. The van der Waals surface area contributed by atoms with Crippen LogP contribution in [0.25, 0.3) is 42.4 Å². The van der Waals surface area contributed by atoms with E-state index < -0.39 is 12.1 Å². The molecule has 0 amide bonds. The fraction of sp³-hybridized carbons (Fsp3) is 0.423. The Kier molecular flexibility index (Phi) is 7.32. The molecule has 41 heavy (non-hydrogen) atoms. The number of carboxylic acid groups (broad SMARTS) is 1. The number of hydrogen-bond acceptors (Lipinski definition) is 9. The smallest absolute Gasteiger partial charge is 0.475 e. The molecule has 1 aliphatic heterocycles. The van der Waals surface area contributed by atoms with Crippen LogP contribution in [0.1, 0.15) is 40.5 Å². The summed E-state index contributed by atoms with van der Waals surface area (Å²) >= 11 is 3.31. The van der Waals surface area contributed by atoms with E-state index in [-0.39, 0.29) is 11.1 Å². The monoisotopic (exact) mass is 606 g/mol. The summed E-state index contributed by atoms with van der Waals surface area (Å²) in [6.45, 7) is 9.15. The van der Waals surface area contributed by atoms with Crippen LogP contribution in [0.15, 0.2) is 30.9 Å². The van der Waals surface area contributed by atoms with E-state index in [2.05, 4.69) is 77.3 Å². The van der Waals surface area contributed by atoms with E-state index in [9.17, 15) is 13.2 Å². The predicted octanol–water partition coefficient (Wildman–Crippen LogP) is 6.06. The van der Waals surface area contributed by atoms with Crippen molar-refractivity contribution in [3.63, 3.8) is 0 Å². The Bertz CT molecular complexity index is 1640. The van der Waals surface area contributed by atoms with Crippen LogP contribution in [0.4, 0.5) is 18.3 Å². The van der Waals surface area contributed by atoms with Crippen LogP contribution in [0.3, 0.4) is 0 Å². The maximum Gasteiger partial charge on any atom is 0.490 e. The van der Waals surface area contributed by atoms with Crippen molar-refractivity contribution >= 4 is 54.5 Å². The molecule has 0 unspecified atom stereocenters. The van der Waals surface area contributed by atoms with Gasteiger partial charge in [-0.1, -0.05) is 28.7 Å². The number of benzene rings is 1. The molecule has 1 saturated heterocycles. The Morgan fingerprint density at radius 1 is 1.07 bits per heavy atom. The van der Waals surface area contributed by atoms with Gasteiger partial charge in [-0.15, -0.1) is 0 Å². The number of rotatable bonds is 4. The Hall–Kier alpha value is -3.56. The number of H-pyrrole nitrogens is 2. The molecule has 1 fully saturated rings. The summed E-state index contributed by atoms with van der Waals surface area (Å²) in [7, 11) is 2.17. The highest BCUT2D eigenvalue weighted by molar-refractivity contribution is 7.29. The van der Waals surface area contributed by atoms with Crippen molar-refractivity contribution in [3.8, 4) is 21.7 Å². The molecular weight excluding hydrogens is 577 g/mol. The van der Waals surface area contributed by atoms with Crippen LogP contribution in [-0.2, 0) is 4.79 Å². The molecule has 4 aromatic heterocycles. The van der Waals surface area contributed by atoms with Crippen LogP contribution in [0, 0.1) is 0 Å². The molecule has 0 atom stereocenters. The van der Waals surface area contributed by atoms with Gasteiger partial charge in [0, 0.05) is 47.1 Å². The van der Waals surface area contributed by atoms with Gasteiger partial charge < -0.3 is 20.3 Å². The first-order chi connectivity index (χ1) is 19.1. The number of nitrogens with zero attached hydrogens (tertiary/aromatic N) is 5.